The first-order chi connectivity index (χ1) is 16.2. The van der Waals surface area contributed by atoms with E-state index in [4.69, 9.17) is 28.7 Å². The summed E-state index contributed by atoms with van der Waals surface area (Å²) in [6.45, 7) is 1.36. The van der Waals surface area contributed by atoms with Crippen molar-refractivity contribution in [2.24, 2.45) is 4.99 Å². The predicted octanol–water partition coefficient (Wildman–Crippen LogP) is 5.36. The molecule has 0 saturated heterocycles. The number of fused-ring (bicyclic) bond motifs is 2. The summed E-state index contributed by atoms with van der Waals surface area (Å²) in [4.78, 5) is 4.85. The van der Waals surface area contributed by atoms with Crippen molar-refractivity contribution in [3.8, 4) is 28.7 Å². The second-order valence-electron chi connectivity index (χ2n) is 7.79. The van der Waals surface area contributed by atoms with E-state index in [9.17, 15) is 0 Å². The molecule has 0 bridgehead atoms. The largest absolute Gasteiger partial charge is 0.493 e. The Bertz CT molecular complexity index is 1210. The van der Waals surface area contributed by atoms with Crippen LogP contribution in [0.25, 0.3) is 0 Å². The molecule has 0 saturated carbocycles. The number of halogens is 1. The number of methoxy groups -OCH3 is 2. The summed E-state index contributed by atoms with van der Waals surface area (Å²) in [5.74, 6) is 3.49. The Hall–Kier alpha value is -3.19. The minimum Gasteiger partial charge on any atom is -0.493 e. The Morgan fingerprint density at radius 3 is 2.64 bits per heavy atom. The van der Waals surface area contributed by atoms with Crippen LogP contribution in [-0.4, -0.2) is 33.3 Å². The number of ether oxygens (including phenoxy) is 5. The van der Waals surface area contributed by atoms with E-state index in [1.807, 2.05) is 48.5 Å². The van der Waals surface area contributed by atoms with Gasteiger partial charge in [-0.15, -0.1) is 0 Å². The lowest BCUT2D eigenvalue weighted by Gasteiger charge is -2.21. The van der Waals surface area contributed by atoms with Crippen LogP contribution in [-0.2, 0) is 19.4 Å². The maximum atomic E-state index is 6.12. The Labute approximate surface area is 201 Å². The third-order valence-electron chi connectivity index (χ3n) is 5.83. The van der Waals surface area contributed by atoms with Gasteiger partial charge in [0.2, 0.25) is 12.5 Å². The van der Waals surface area contributed by atoms with Gasteiger partial charge in [-0.05, 0) is 35.7 Å². The van der Waals surface area contributed by atoms with E-state index >= 15 is 0 Å². The first kappa shape index (κ1) is 21.6. The van der Waals surface area contributed by atoms with Gasteiger partial charge in [-0.3, -0.25) is 4.99 Å². The fourth-order valence-corrected chi connectivity index (χ4v) is 4.67. The van der Waals surface area contributed by atoms with E-state index < -0.39 is 0 Å². The molecule has 0 spiro atoms. The van der Waals surface area contributed by atoms with Crippen molar-refractivity contribution in [3.05, 3.63) is 75.3 Å². The van der Waals surface area contributed by atoms with E-state index in [0.717, 1.165) is 44.6 Å². The molecular weight excluding hydrogens is 486 g/mol. The number of nitrogens with zero attached hydrogens (tertiary/aromatic N) is 1. The molecule has 0 atom stereocenters. The van der Waals surface area contributed by atoms with Gasteiger partial charge in [0.15, 0.2) is 23.0 Å². The summed E-state index contributed by atoms with van der Waals surface area (Å²) in [6.07, 6.45) is 1.43. The fourth-order valence-electron chi connectivity index (χ4n) is 4.21. The highest BCUT2D eigenvalue weighted by atomic mass is 79.9. The quantitative estimate of drug-likeness (QED) is 0.428. The lowest BCUT2D eigenvalue weighted by atomic mass is 9.92. The Morgan fingerprint density at radius 1 is 1.00 bits per heavy atom. The summed E-state index contributed by atoms with van der Waals surface area (Å²) in [5, 5.41) is 0. The molecule has 0 unspecified atom stereocenters. The van der Waals surface area contributed by atoms with Crippen molar-refractivity contribution < 1.29 is 23.7 Å². The van der Waals surface area contributed by atoms with Crippen molar-refractivity contribution in [1.29, 1.82) is 0 Å². The van der Waals surface area contributed by atoms with E-state index in [1.165, 1.54) is 0 Å². The molecule has 0 amide bonds. The third kappa shape index (κ3) is 4.25. The summed E-state index contributed by atoms with van der Waals surface area (Å²) in [6, 6.07) is 16.1. The van der Waals surface area contributed by atoms with Crippen molar-refractivity contribution in [2.75, 3.05) is 27.6 Å². The van der Waals surface area contributed by atoms with Gasteiger partial charge in [-0.2, -0.15) is 0 Å². The number of aliphatic imine (C=N–C) groups is 1. The van der Waals surface area contributed by atoms with Crippen LogP contribution in [0, 0.1) is 0 Å². The molecular formula is C26H24BrNO5. The average molecular weight is 510 g/mol. The van der Waals surface area contributed by atoms with Gasteiger partial charge in [0.25, 0.3) is 0 Å². The van der Waals surface area contributed by atoms with Crippen LogP contribution in [0.3, 0.4) is 0 Å². The molecule has 5 rings (SSSR count). The van der Waals surface area contributed by atoms with Crippen LogP contribution in [0.15, 0.2) is 58.0 Å². The van der Waals surface area contributed by atoms with E-state index in [2.05, 4.69) is 15.9 Å². The number of benzene rings is 3. The predicted molar refractivity (Wildman–Crippen MR) is 129 cm³/mol. The van der Waals surface area contributed by atoms with Crippen LogP contribution in [0.4, 0.5) is 0 Å². The zero-order valence-electron chi connectivity index (χ0n) is 18.5. The summed E-state index contributed by atoms with van der Waals surface area (Å²) in [5.41, 5.74) is 5.28. The third-order valence-corrected chi connectivity index (χ3v) is 6.57. The fraction of sp³-hybridized carbons (Fsp3) is 0.269. The molecule has 3 aromatic carbocycles. The molecule has 33 heavy (non-hydrogen) atoms. The molecule has 0 fully saturated rings. The highest BCUT2D eigenvalue weighted by Crippen LogP contribution is 2.46. The van der Waals surface area contributed by atoms with Gasteiger partial charge >= 0.3 is 0 Å². The van der Waals surface area contributed by atoms with E-state index in [-0.39, 0.29) is 6.79 Å². The molecule has 2 aliphatic rings. The highest BCUT2D eigenvalue weighted by molar-refractivity contribution is 9.10. The maximum Gasteiger partial charge on any atom is 0.231 e. The second-order valence-corrected chi connectivity index (χ2v) is 8.65. The van der Waals surface area contributed by atoms with Gasteiger partial charge in [0.1, 0.15) is 6.61 Å². The second kappa shape index (κ2) is 9.35. The smallest absolute Gasteiger partial charge is 0.231 e. The van der Waals surface area contributed by atoms with E-state index in [1.54, 1.807) is 14.2 Å². The van der Waals surface area contributed by atoms with Gasteiger partial charge < -0.3 is 23.7 Å². The molecule has 0 N–H and O–H groups in total. The van der Waals surface area contributed by atoms with Crippen LogP contribution >= 0.6 is 15.9 Å². The van der Waals surface area contributed by atoms with Crippen molar-refractivity contribution in [1.82, 2.24) is 0 Å². The first-order valence-corrected chi connectivity index (χ1v) is 11.5. The minimum atomic E-state index is 0.202. The number of hydrogen-bond donors (Lipinski definition) is 0. The highest BCUT2D eigenvalue weighted by Gasteiger charge is 2.28. The van der Waals surface area contributed by atoms with E-state index in [0.29, 0.717) is 42.6 Å². The normalized spacial score (nSPS) is 13.8. The summed E-state index contributed by atoms with van der Waals surface area (Å²) < 4.78 is 29.6. The van der Waals surface area contributed by atoms with Gasteiger partial charge in [-0.25, -0.2) is 0 Å². The monoisotopic (exact) mass is 509 g/mol. The summed E-state index contributed by atoms with van der Waals surface area (Å²) >= 11 is 3.70. The molecule has 2 heterocycles. The lowest BCUT2D eigenvalue weighted by Crippen LogP contribution is -2.17. The van der Waals surface area contributed by atoms with Gasteiger partial charge in [0, 0.05) is 34.3 Å². The number of hydrogen-bond acceptors (Lipinski definition) is 6. The SMILES string of the molecule is COc1cc(Br)c(CC2=NCCc3c2cc2c(c3OC)OCO2)cc1OCc1ccccc1. The van der Waals surface area contributed by atoms with Gasteiger partial charge in [0.05, 0.1) is 14.2 Å². The average Bonchev–Trinajstić information content (AvgIpc) is 3.32. The zero-order chi connectivity index (χ0) is 22.8. The molecule has 0 aliphatic carbocycles. The molecule has 6 nitrogen and oxygen atoms in total. The maximum absolute atomic E-state index is 6.12. The Kier molecular flexibility index (Phi) is 6.13. The molecule has 2 aliphatic heterocycles. The van der Waals surface area contributed by atoms with Crippen LogP contribution in [0.2, 0.25) is 0 Å². The standard InChI is InChI=1S/C26H24BrNO5/c1-29-22-13-20(27)17(11-23(22)31-14-16-6-4-3-5-7-16)10-21-19-12-24-26(33-15-32-24)25(30-2)18(19)8-9-28-21/h3-7,11-13H,8-10,14-15H2,1-2H3. The first-order valence-electron chi connectivity index (χ1n) is 10.7. The van der Waals surface area contributed by atoms with Crippen LogP contribution in [0.5, 0.6) is 28.7 Å². The van der Waals surface area contributed by atoms with Crippen LogP contribution in [0.1, 0.15) is 22.3 Å². The van der Waals surface area contributed by atoms with Gasteiger partial charge in [-0.1, -0.05) is 46.3 Å². The summed E-state index contributed by atoms with van der Waals surface area (Å²) in [7, 11) is 3.31. The van der Waals surface area contributed by atoms with Crippen molar-refractivity contribution in [2.45, 2.75) is 19.4 Å². The minimum absolute atomic E-state index is 0.202. The molecule has 0 aromatic heterocycles. The zero-order valence-corrected chi connectivity index (χ0v) is 20.1. The van der Waals surface area contributed by atoms with Crippen molar-refractivity contribution >= 4 is 21.6 Å². The molecule has 0 radical (unpaired) electrons. The Balaban J connectivity index is 1.46. The Morgan fingerprint density at radius 2 is 1.85 bits per heavy atom. The number of rotatable bonds is 7. The van der Waals surface area contributed by atoms with Crippen LogP contribution < -0.4 is 23.7 Å². The van der Waals surface area contributed by atoms with Crippen molar-refractivity contribution in [3.63, 3.8) is 0 Å². The lowest BCUT2D eigenvalue weighted by molar-refractivity contribution is 0.171. The molecule has 3 aromatic rings. The molecule has 170 valence electrons. The topological polar surface area (TPSA) is 58.5 Å². The molecule has 7 heteroatoms.